The molecule has 4 nitrogen and oxygen atoms in total. The first-order chi connectivity index (χ1) is 9.59. The third-order valence-corrected chi connectivity index (χ3v) is 4.20. The fraction of sp³-hybridized carbons (Fsp3) is 0.538. The van der Waals surface area contributed by atoms with E-state index in [0.29, 0.717) is 11.3 Å². The van der Waals surface area contributed by atoms with E-state index in [1.165, 1.54) is 6.07 Å². The monoisotopic (exact) mass is 320 g/mol. The SMILES string of the molecule is CC(C)(C)S(=O)/N=C1\COCc2nc(C(F)(F)F)ccc21. The average Bonchev–Trinajstić information content (AvgIpc) is 2.36. The molecule has 0 bridgehead atoms. The Bertz CT molecular complexity index is 606. The van der Waals surface area contributed by atoms with Gasteiger partial charge in [0.2, 0.25) is 0 Å². The lowest BCUT2D eigenvalue weighted by atomic mass is 10.1. The lowest BCUT2D eigenvalue weighted by Crippen LogP contribution is -2.26. The van der Waals surface area contributed by atoms with Crippen molar-refractivity contribution in [2.24, 2.45) is 4.40 Å². The van der Waals surface area contributed by atoms with Gasteiger partial charge in [-0.1, -0.05) is 0 Å². The first kappa shape index (κ1) is 16.1. The zero-order valence-corrected chi connectivity index (χ0v) is 12.6. The highest BCUT2D eigenvalue weighted by atomic mass is 32.2. The van der Waals surface area contributed by atoms with E-state index < -0.39 is 27.6 Å². The highest BCUT2D eigenvalue weighted by Gasteiger charge is 2.34. The predicted octanol–water partition coefficient (Wildman–Crippen LogP) is 2.88. The molecule has 116 valence electrons. The largest absolute Gasteiger partial charge is 0.433 e. The van der Waals surface area contributed by atoms with Gasteiger partial charge in [-0.25, -0.2) is 9.19 Å². The van der Waals surface area contributed by atoms with Gasteiger partial charge in [-0.2, -0.15) is 17.6 Å². The molecule has 1 aromatic heterocycles. The lowest BCUT2D eigenvalue weighted by Gasteiger charge is -2.20. The number of nitrogens with zero attached hydrogens (tertiary/aromatic N) is 2. The van der Waals surface area contributed by atoms with Crippen LogP contribution < -0.4 is 0 Å². The number of aromatic nitrogens is 1. The molecule has 0 amide bonds. The summed E-state index contributed by atoms with van der Waals surface area (Å²) in [5.74, 6) is 0. The first-order valence-corrected chi connectivity index (χ1v) is 7.34. The fourth-order valence-corrected chi connectivity index (χ4v) is 2.29. The molecule has 0 radical (unpaired) electrons. The Balaban J connectivity index is 2.41. The van der Waals surface area contributed by atoms with Crippen molar-refractivity contribution >= 4 is 16.7 Å². The van der Waals surface area contributed by atoms with Gasteiger partial charge in [-0.15, -0.1) is 0 Å². The standard InChI is InChI=1S/C13H15F3N2O2S/c1-12(2,3)21(19)18-10-7-20-6-9-8(10)4-5-11(17-9)13(14,15)16/h4-5H,6-7H2,1-3H3/b18-10+. The van der Waals surface area contributed by atoms with E-state index in [2.05, 4.69) is 9.38 Å². The minimum atomic E-state index is -4.50. The van der Waals surface area contributed by atoms with E-state index in [-0.39, 0.29) is 18.9 Å². The minimum absolute atomic E-state index is 0.0135. The van der Waals surface area contributed by atoms with Crippen molar-refractivity contribution in [1.29, 1.82) is 0 Å². The van der Waals surface area contributed by atoms with Crippen molar-refractivity contribution in [3.05, 3.63) is 29.1 Å². The van der Waals surface area contributed by atoms with Gasteiger partial charge in [0, 0.05) is 5.56 Å². The van der Waals surface area contributed by atoms with Crippen LogP contribution in [0.25, 0.3) is 0 Å². The number of hydrogen-bond donors (Lipinski definition) is 0. The molecule has 8 heteroatoms. The van der Waals surface area contributed by atoms with E-state index in [4.69, 9.17) is 4.74 Å². The van der Waals surface area contributed by atoms with E-state index in [9.17, 15) is 17.4 Å². The van der Waals surface area contributed by atoms with Crippen molar-refractivity contribution in [1.82, 2.24) is 4.98 Å². The van der Waals surface area contributed by atoms with Crippen LogP contribution in [0.3, 0.4) is 0 Å². The molecule has 0 aromatic carbocycles. The summed E-state index contributed by atoms with van der Waals surface area (Å²) in [5.41, 5.74) is 0.0290. The lowest BCUT2D eigenvalue weighted by molar-refractivity contribution is -0.141. The smallest absolute Gasteiger partial charge is 0.369 e. The Morgan fingerprint density at radius 2 is 1.90 bits per heavy atom. The van der Waals surface area contributed by atoms with Gasteiger partial charge in [0.1, 0.15) is 16.7 Å². The van der Waals surface area contributed by atoms with Crippen molar-refractivity contribution in [2.75, 3.05) is 6.61 Å². The Morgan fingerprint density at radius 3 is 2.48 bits per heavy atom. The van der Waals surface area contributed by atoms with Gasteiger partial charge in [0.25, 0.3) is 0 Å². The van der Waals surface area contributed by atoms with Crippen LogP contribution in [0.2, 0.25) is 0 Å². The molecule has 0 saturated carbocycles. The van der Waals surface area contributed by atoms with Crippen LogP contribution in [0.15, 0.2) is 16.5 Å². The van der Waals surface area contributed by atoms with Gasteiger partial charge in [-0.3, -0.25) is 0 Å². The maximum atomic E-state index is 12.6. The number of halogens is 3. The summed E-state index contributed by atoms with van der Waals surface area (Å²) in [6.45, 7) is 5.40. The predicted molar refractivity (Wildman–Crippen MR) is 73.3 cm³/mol. The first-order valence-electron chi connectivity index (χ1n) is 6.24. The van der Waals surface area contributed by atoms with Crippen molar-refractivity contribution in [3.8, 4) is 0 Å². The summed E-state index contributed by atoms with van der Waals surface area (Å²) in [6.07, 6.45) is -4.50. The molecule has 0 saturated heterocycles. The fourth-order valence-electron chi connectivity index (χ4n) is 1.67. The van der Waals surface area contributed by atoms with Gasteiger partial charge >= 0.3 is 6.18 Å². The molecule has 1 aliphatic heterocycles. The van der Waals surface area contributed by atoms with Gasteiger partial charge in [-0.05, 0) is 32.9 Å². The Hall–Kier alpha value is -1.28. The van der Waals surface area contributed by atoms with E-state index in [1.807, 2.05) is 0 Å². The maximum absolute atomic E-state index is 12.6. The summed E-state index contributed by atoms with van der Waals surface area (Å²) < 4.78 is 58.7. The quantitative estimate of drug-likeness (QED) is 0.799. The Morgan fingerprint density at radius 1 is 1.24 bits per heavy atom. The van der Waals surface area contributed by atoms with Crippen LogP contribution >= 0.6 is 0 Å². The zero-order chi connectivity index (χ0) is 15.8. The zero-order valence-electron chi connectivity index (χ0n) is 11.8. The van der Waals surface area contributed by atoms with Crippen molar-refractivity contribution in [3.63, 3.8) is 0 Å². The summed E-state index contributed by atoms with van der Waals surface area (Å²) in [4.78, 5) is 3.57. The summed E-state index contributed by atoms with van der Waals surface area (Å²) in [6, 6.07) is 2.21. The molecular weight excluding hydrogens is 305 g/mol. The molecule has 0 N–H and O–H groups in total. The van der Waals surface area contributed by atoms with Gasteiger partial charge in [0.15, 0.2) is 0 Å². The van der Waals surface area contributed by atoms with E-state index >= 15 is 0 Å². The van der Waals surface area contributed by atoms with Crippen LogP contribution in [-0.4, -0.2) is 26.3 Å². The highest BCUT2D eigenvalue weighted by molar-refractivity contribution is 7.85. The summed E-state index contributed by atoms with van der Waals surface area (Å²) in [7, 11) is -1.51. The topological polar surface area (TPSA) is 51.5 Å². The molecule has 1 unspecified atom stereocenters. The molecule has 0 aliphatic carbocycles. The van der Waals surface area contributed by atoms with Gasteiger partial charge < -0.3 is 4.74 Å². The molecule has 2 rings (SSSR count). The van der Waals surface area contributed by atoms with Crippen LogP contribution in [0.4, 0.5) is 13.2 Å². The van der Waals surface area contributed by atoms with Crippen molar-refractivity contribution in [2.45, 2.75) is 38.3 Å². The van der Waals surface area contributed by atoms with Crippen LogP contribution in [0, 0.1) is 0 Å². The summed E-state index contributed by atoms with van der Waals surface area (Å²) in [5, 5.41) is 0. The number of hydrogen-bond acceptors (Lipinski definition) is 3. The molecule has 1 aromatic rings. The molecule has 21 heavy (non-hydrogen) atoms. The number of fused-ring (bicyclic) bond motifs is 1. The second kappa shape index (κ2) is 5.49. The number of alkyl halides is 3. The molecule has 0 spiro atoms. The third-order valence-electron chi connectivity index (χ3n) is 2.77. The number of rotatable bonds is 1. The average molecular weight is 320 g/mol. The van der Waals surface area contributed by atoms with Crippen molar-refractivity contribution < 1.29 is 22.1 Å². The molecule has 0 fully saturated rings. The number of ether oxygens (including phenoxy) is 1. The molecule has 1 aliphatic rings. The third kappa shape index (κ3) is 3.68. The van der Waals surface area contributed by atoms with Crippen LogP contribution in [-0.2, 0) is 28.5 Å². The van der Waals surface area contributed by atoms with Gasteiger partial charge in [0.05, 0.1) is 29.4 Å². The number of pyridine rings is 1. The summed E-state index contributed by atoms with van der Waals surface area (Å²) >= 11 is 0. The Kier molecular flexibility index (Phi) is 4.21. The van der Waals surface area contributed by atoms with Crippen LogP contribution in [0.1, 0.15) is 37.7 Å². The van der Waals surface area contributed by atoms with E-state index in [0.717, 1.165) is 6.07 Å². The highest BCUT2D eigenvalue weighted by Crippen LogP contribution is 2.29. The second-order valence-electron chi connectivity index (χ2n) is 5.58. The normalized spacial score (nSPS) is 19.4. The van der Waals surface area contributed by atoms with E-state index in [1.54, 1.807) is 20.8 Å². The molecule has 2 heterocycles. The molecule has 1 atom stereocenters. The van der Waals surface area contributed by atoms with Crippen LogP contribution in [0.5, 0.6) is 0 Å². The minimum Gasteiger partial charge on any atom is -0.369 e. The Labute approximate surface area is 123 Å². The second-order valence-corrected chi connectivity index (χ2v) is 7.49. The maximum Gasteiger partial charge on any atom is 0.433 e. The molecular formula is C13H15F3N2O2S.